The predicted octanol–water partition coefficient (Wildman–Crippen LogP) is 3.05. The van der Waals surface area contributed by atoms with Gasteiger partial charge in [0.25, 0.3) is 0 Å². The molecule has 1 fully saturated rings. The fourth-order valence-electron chi connectivity index (χ4n) is 2.88. The van der Waals surface area contributed by atoms with Crippen LogP contribution in [0.3, 0.4) is 0 Å². The molecule has 2 rings (SSSR count). The van der Waals surface area contributed by atoms with Crippen molar-refractivity contribution >= 4 is 0 Å². The van der Waals surface area contributed by atoms with Gasteiger partial charge in [-0.3, -0.25) is 0 Å². The van der Waals surface area contributed by atoms with Crippen molar-refractivity contribution in [2.45, 2.75) is 39.2 Å². The molecular weight excluding hydrogens is 220 g/mol. The molecule has 1 aliphatic rings. The van der Waals surface area contributed by atoms with Gasteiger partial charge in [-0.15, -0.1) is 0 Å². The van der Waals surface area contributed by atoms with Gasteiger partial charge in [-0.1, -0.05) is 30.2 Å². The van der Waals surface area contributed by atoms with Crippen LogP contribution in [-0.2, 0) is 0 Å². The second-order valence-electron chi connectivity index (χ2n) is 5.56. The third kappa shape index (κ3) is 3.33. The SMILES string of the molecule is CNC(CN1CCCCC1)c1cc(C)ccc1C. The summed E-state index contributed by atoms with van der Waals surface area (Å²) >= 11 is 0. The highest BCUT2D eigenvalue weighted by Crippen LogP contribution is 2.21. The van der Waals surface area contributed by atoms with Gasteiger partial charge in [0.2, 0.25) is 0 Å². The number of nitrogens with zero attached hydrogens (tertiary/aromatic N) is 1. The average Bonchev–Trinajstić information content (AvgIpc) is 2.40. The number of aryl methyl sites for hydroxylation is 2. The van der Waals surface area contributed by atoms with Crippen molar-refractivity contribution in [3.63, 3.8) is 0 Å². The topological polar surface area (TPSA) is 15.3 Å². The molecular formula is C16H26N2. The molecule has 0 radical (unpaired) electrons. The average molecular weight is 246 g/mol. The Morgan fingerprint density at radius 2 is 1.89 bits per heavy atom. The van der Waals surface area contributed by atoms with Crippen LogP contribution in [-0.4, -0.2) is 31.6 Å². The summed E-state index contributed by atoms with van der Waals surface area (Å²) in [4.78, 5) is 2.60. The maximum Gasteiger partial charge on any atom is 0.0449 e. The number of piperidine rings is 1. The Bertz CT molecular complexity index is 381. The smallest absolute Gasteiger partial charge is 0.0449 e. The minimum atomic E-state index is 0.461. The maximum absolute atomic E-state index is 3.49. The number of likely N-dealkylation sites (tertiary alicyclic amines) is 1. The largest absolute Gasteiger partial charge is 0.312 e. The van der Waals surface area contributed by atoms with Crippen molar-refractivity contribution in [2.75, 3.05) is 26.7 Å². The molecule has 2 heteroatoms. The molecule has 0 amide bonds. The summed E-state index contributed by atoms with van der Waals surface area (Å²) in [6.07, 6.45) is 4.14. The van der Waals surface area contributed by atoms with Gasteiger partial charge in [0.1, 0.15) is 0 Å². The lowest BCUT2D eigenvalue weighted by Crippen LogP contribution is -2.37. The second-order valence-corrected chi connectivity index (χ2v) is 5.56. The molecule has 1 saturated heterocycles. The fourth-order valence-corrected chi connectivity index (χ4v) is 2.88. The first-order valence-electron chi connectivity index (χ1n) is 7.17. The monoisotopic (exact) mass is 246 g/mol. The second kappa shape index (κ2) is 6.35. The predicted molar refractivity (Wildman–Crippen MR) is 78.0 cm³/mol. The zero-order valence-electron chi connectivity index (χ0n) is 12.0. The Kier molecular flexibility index (Phi) is 4.79. The third-order valence-electron chi connectivity index (χ3n) is 4.05. The van der Waals surface area contributed by atoms with E-state index in [1.54, 1.807) is 0 Å². The van der Waals surface area contributed by atoms with Gasteiger partial charge in [0.15, 0.2) is 0 Å². The zero-order valence-corrected chi connectivity index (χ0v) is 12.0. The van der Waals surface area contributed by atoms with Crippen LogP contribution < -0.4 is 5.32 Å². The highest BCUT2D eigenvalue weighted by atomic mass is 15.1. The number of hydrogen-bond acceptors (Lipinski definition) is 2. The van der Waals surface area contributed by atoms with E-state index in [0.717, 1.165) is 6.54 Å². The molecule has 18 heavy (non-hydrogen) atoms. The maximum atomic E-state index is 3.49. The molecule has 2 nitrogen and oxygen atoms in total. The Labute approximate surface area is 111 Å². The Morgan fingerprint density at radius 1 is 1.17 bits per heavy atom. The van der Waals surface area contributed by atoms with E-state index in [2.05, 4.69) is 49.3 Å². The number of rotatable bonds is 4. The Morgan fingerprint density at radius 3 is 2.56 bits per heavy atom. The number of benzene rings is 1. The zero-order chi connectivity index (χ0) is 13.0. The molecule has 1 N–H and O–H groups in total. The van der Waals surface area contributed by atoms with Crippen molar-refractivity contribution in [2.24, 2.45) is 0 Å². The van der Waals surface area contributed by atoms with Crippen LogP contribution in [0, 0.1) is 13.8 Å². The Hall–Kier alpha value is -0.860. The van der Waals surface area contributed by atoms with Gasteiger partial charge in [0.05, 0.1) is 0 Å². The van der Waals surface area contributed by atoms with Crippen molar-refractivity contribution < 1.29 is 0 Å². The Balaban J connectivity index is 2.09. The van der Waals surface area contributed by atoms with Crippen LogP contribution in [0.4, 0.5) is 0 Å². The molecule has 0 bridgehead atoms. The lowest BCUT2D eigenvalue weighted by atomic mass is 9.98. The van der Waals surface area contributed by atoms with Crippen molar-refractivity contribution in [3.05, 3.63) is 34.9 Å². The van der Waals surface area contributed by atoms with Gasteiger partial charge >= 0.3 is 0 Å². The summed E-state index contributed by atoms with van der Waals surface area (Å²) < 4.78 is 0. The van der Waals surface area contributed by atoms with E-state index in [9.17, 15) is 0 Å². The minimum Gasteiger partial charge on any atom is -0.312 e. The van der Waals surface area contributed by atoms with E-state index < -0.39 is 0 Å². The van der Waals surface area contributed by atoms with E-state index in [1.165, 1.54) is 49.0 Å². The summed E-state index contributed by atoms with van der Waals surface area (Å²) in [6.45, 7) is 8.07. The van der Waals surface area contributed by atoms with Crippen molar-refractivity contribution in [3.8, 4) is 0 Å². The van der Waals surface area contributed by atoms with Gasteiger partial charge in [-0.25, -0.2) is 0 Å². The molecule has 0 aliphatic carbocycles. The minimum absolute atomic E-state index is 0.461. The standard InChI is InChI=1S/C16H26N2/c1-13-7-8-14(2)15(11-13)16(17-3)12-18-9-5-4-6-10-18/h7-8,11,16-17H,4-6,9-10,12H2,1-3H3. The van der Waals surface area contributed by atoms with Crippen LogP contribution in [0.5, 0.6) is 0 Å². The van der Waals surface area contributed by atoms with Gasteiger partial charge in [0, 0.05) is 12.6 Å². The molecule has 1 aliphatic heterocycles. The first kappa shape index (κ1) is 13.6. The molecule has 1 aromatic carbocycles. The third-order valence-corrected chi connectivity index (χ3v) is 4.05. The van der Waals surface area contributed by atoms with Gasteiger partial charge < -0.3 is 10.2 Å². The van der Waals surface area contributed by atoms with Crippen LogP contribution in [0.2, 0.25) is 0 Å². The number of likely N-dealkylation sites (N-methyl/N-ethyl adjacent to an activating group) is 1. The molecule has 1 unspecified atom stereocenters. The van der Waals surface area contributed by atoms with E-state index in [4.69, 9.17) is 0 Å². The molecule has 1 atom stereocenters. The van der Waals surface area contributed by atoms with E-state index in [1.807, 2.05) is 0 Å². The summed E-state index contributed by atoms with van der Waals surface area (Å²) in [7, 11) is 2.08. The normalized spacial score (nSPS) is 18.8. The van der Waals surface area contributed by atoms with Gasteiger partial charge in [-0.2, -0.15) is 0 Å². The van der Waals surface area contributed by atoms with E-state index in [-0.39, 0.29) is 0 Å². The fraction of sp³-hybridized carbons (Fsp3) is 0.625. The molecule has 0 aromatic heterocycles. The molecule has 100 valence electrons. The molecule has 1 heterocycles. The van der Waals surface area contributed by atoms with E-state index in [0.29, 0.717) is 6.04 Å². The van der Waals surface area contributed by atoms with Crippen LogP contribution >= 0.6 is 0 Å². The summed E-state index contributed by atoms with van der Waals surface area (Å²) in [6, 6.07) is 7.24. The van der Waals surface area contributed by atoms with Crippen LogP contribution in [0.15, 0.2) is 18.2 Å². The number of nitrogens with one attached hydrogen (secondary N) is 1. The highest BCUT2D eigenvalue weighted by molar-refractivity contribution is 5.33. The van der Waals surface area contributed by atoms with Crippen LogP contribution in [0.1, 0.15) is 42.0 Å². The highest BCUT2D eigenvalue weighted by Gasteiger charge is 2.17. The molecule has 0 saturated carbocycles. The quantitative estimate of drug-likeness (QED) is 0.878. The lowest BCUT2D eigenvalue weighted by molar-refractivity contribution is 0.208. The van der Waals surface area contributed by atoms with Crippen molar-refractivity contribution in [1.82, 2.24) is 10.2 Å². The van der Waals surface area contributed by atoms with Gasteiger partial charge in [-0.05, 0) is 58.0 Å². The summed E-state index contributed by atoms with van der Waals surface area (Å²) in [5.74, 6) is 0. The summed E-state index contributed by atoms with van der Waals surface area (Å²) in [5.41, 5.74) is 4.22. The molecule has 1 aromatic rings. The van der Waals surface area contributed by atoms with Crippen molar-refractivity contribution in [1.29, 1.82) is 0 Å². The number of hydrogen-bond donors (Lipinski definition) is 1. The first-order chi connectivity index (χ1) is 8.70. The summed E-state index contributed by atoms with van der Waals surface area (Å²) in [5, 5.41) is 3.49. The molecule has 0 spiro atoms. The van der Waals surface area contributed by atoms with E-state index >= 15 is 0 Å². The first-order valence-corrected chi connectivity index (χ1v) is 7.17. The van der Waals surface area contributed by atoms with Crippen LogP contribution in [0.25, 0.3) is 0 Å². The lowest BCUT2D eigenvalue weighted by Gasteiger charge is -2.31.